The summed E-state index contributed by atoms with van der Waals surface area (Å²) in [6.45, 7) is 11.5. The van der Waals surface area contributed by atoms with Crippen molar-refractivity contribution < 1.29 is 9.53 Å². The molecule has 0 aliphatic carbocycles. The van der Waals surface area contributed by atoms with E-state index in [2.05, 4.69) is 29.1 Å². The fourth-order valence-corrected chi connectivity index (χ4v) is 2.77. The Hall–Kier alpha value is -2.63. The van der Waals surface area contributed by atoms with E-state index in [0.717, 1.165) is 43.1 Å². The van der Waals surface area contributed by atoms with Crippen LogP contribution >= 0.6 is 0 Å². The molecule has 0 bridgehead atoms. The van der Waals surface area contributed by atoms with Crippen LogP contribution in [0, 0.1) is 6.92 Å². The van der Waals surface area contributed by atoms with Gasteiger partial charge in [-0.2, -0.15) is 0 Å². The number of nitrogens with one attached hydrogen (secondary N) is 1. The minimum Gasteiger partial charge on any atom is -0.491 e. The van der Waals surface area contributed by atoms with Gasteiger partial charge in [0, 0.05) is 24.5 Å². The summed E-state index contributed by atoms with van der Waals surface area (Å²) >= 11 is 0. The van der Waals surface area contributed by atoms with E-state index >= 15 is 0 Å². The van der Waals surface area contributed by atoms with Crippen LogP contribution in [-0.4, -0.2) is 40.0 Å². The minimum atomic E-state index is -0.0482. The molecule has 1 aromatic carbocycles. The van der Waals surface area contributed by atoms with Crippen molar-refractivity contribution in [3.8, 4) is 5.75 Å². The monoisotopic (exact) mass is 370 g/mol. The Labute approximate surface area is 162 Å². The van der Waals surface area contributed by atoms with Crippen LogP contribution < -0.4 is 10.1 Å². The maximum Gasteiger partial charge on any atom is 0.272 e. The number of carbonyl (C=O) groups excluding carboxylic acids is 1. The molecule has 2 rings (SSSR count). The Morgan fingerprint density at radius 2 is 1.74 bits per heavy atom. The average Bonchev–Trinajstić information content (AvgIpc) is 2.61. The smallest absolute Gasteiger partial charge is 0.272 e. The van der Waals surface area contributed by atoms with Crippen LogP contribution in [0.3, 0.4) is 0 Å². The molecule has 0 spiro atoms. The summed E-state index contributed by atoms with van der Waals surface area (Å²) < 4.78 is 5.65. The molecule has 1 N–H and O–H groups in total. The quantitative estimate of drug-likeness (QED) is 0.700. The fraction of sp³-hybridized carbons (Fsp3) is 0.476. The second-order valence-electron chi connectivity index (χ2n) is 6.83. The van der Waals surface area contributed by atoms with Crippen LogP contribution in [0.1, 0.15) is 56.7 Å². The molecule has 2 aromatic rings. The molecule has 6 heteroatoms. The molecule has 0 saturated heterocycles. The zero-order valence-corrected chi connectivity index (χ0v) is 17.0. The highest BCUT2D eigenvalue weighted by Gasteiger charge is 2.17. The van der Waals surface area contributed by atoms with Crippen molar-refractivity contribution in [2.24, 2.45) is 0 Å². The number of aryl methyl sites for hydroxylation is 1. The number of aromatic nitrogens is 2. The molecule has 1 heterocycles. The Kier molecular flexibility index (Phi) is 7.58. The first-order chi connectivity index (χ1) is 12.9. The van der Waals surface area contributed by atoms with Crippen molar-refractivity contribution in [3.63, 3.8) is 0 Å². The number of ether oxygens (including phenoxy) is 1. The van der Waals surface area contributed by atoms with E-state index in [-0.39, 0.29) is 12.0 Å². The van der Waals surface area contributed by atoms with E-state index < -0.39 is 0 Å². The minimum absolute atomic E-state index is 0.0482. The number of amides is 1. The number of carbonyl (C=O) groups is 1. The topological polar surface area (TPSA) is 67.4 Å². The van der Waals surface area contributed by atoms with Gasteiger partial charge in [0.15, 0.2) is 0 Å². The zero-order valence-electron chi connectivity index (χ0n) is 17.0. The van der Waals surface area contributed by atoms with Crippen LogP contribution in [0.25, 0.3) is 0 Å². The van der Waals surface area contributed by atoms with Gasteiger partial charge in [-0.1, -0.05) is 13.8 Å². The lowest BCUT2D eigenvalue weighted by atomic mass is 10.2. The first-order valence-corrected chi connectivity index (χ1v) is 9.61. The molecule has 0 aliphatic rings. The largest absolute Gasteiger partial charge is 0.491 e. The molecule has 0 atom stereocenters. The van der Waals surface area contributed by atoms with Crippen molar-refractivity contribution in [1.82, 2.24) is 14.9 Å². The predicted molar refractivity (Wildman–Crippen MR) is 109 cm³/mol. The van der Waals surface area contributed by atoms with Gasteiger partial charge in [0.2, 0.25) is 5.95 Å². The van der Waals surface area contributed by atoms with E-state index in [1.54, 1.807) is 6.07 Å². The number of anilines is 2. The van der Waals surface area contributed by atoms with Crippen molar-refractivity contribution in [3.05, 3.63) is 41.7 Å². The molecule has 27 heavy (non-hydrogen) atoms. The Morgan fingerprint density at radius 3 is 2.30 bits per heavy atom. The molecule has 0 fully saturated rings. The SMILES string of the molecule is CCCN(CCC)C(=O)c1cc(C)nc(Nc2ccc(OC(C)C)cc2)n1. The van der Waals surface area contributed by atoms with Crippen molar-refractivity contribution in [2.75, 3.05) is 18.4 Å². The first-order valence-electron chi connectivity index (χ1n) is 9.61. The normalized spacial score (nSPS) is 10.7. The van der Waals surface area contributed by atoms with Gasteiger partial charge in [-0.3, -0.25) is 4.79 Å². The standard InChI is InChI=1S/C21H30N4O2/c1-6-12-25(13-7-2)20(26)19-14-16(5)22-21(24-19)23-17-8-10-18(11-9-17)27-15(3)4/h8-11,14-15H,6-7,12-13H2,1-5H3,(H,22,23,24). The fourth-order valence-electron chi connectivity index (χ4n) is 2.77. The number of nitrogens with zero attached hydrogens (tertiary/aromatic N) is 3. The van der Waals surface area contributed by atoms with E-state index in [0.29, 0.717) is 11.6 Å². The van der Waals surface area contributed by atoms with Crippen molar-refractivity contribution in [2.45, 2.75) is 53.6 Å². The summed E-state index contributed by atoms with van der Waals surface area (Å²) in [5.74, 6) is 1.18. The van der Waals surface area contributed by atoms with E-state index in [1.807, 2.05) is 49.9 Å². The van der Waals surface area contributed by atoms with Crippen molar-refractivity contribution in [1.29, 1.82) is 0 Å². The lowest BCUT2D eigenvalue weighted by Crippen LogP contribution is -2.33. The Bertz CT molecular complexity index is 738. The van der Waals surface area contributed by atoms with Crippen LogP contribution in [0.4, 0.5) is 11.6 Å². The molecule has 0 unspecified atom stereocenters. The molecule has 146 valence electrons. The van der Waals surface area contributed by atoms with Crippen LogP contribution in [0.15, 0.2) is 30.3 Å². The molecule has 0 saturated carbocycles. The highest BCUT2D eigenvalue weighted by atomic mass is 16.5. The molecular weight excluding hydrogens is 340 g/mol. The Balaban J connectivity index is 2.17. The van der Waals surface area contributed by atoms with E-state index in [4.69, 9.17) is 4.74 Å². The number of hydrogen-bond acceptors (Lipinski definition) is 5. The number of hydrogen-bond donors (Lipinski definition) is 1. The summed E-state index contributed by atoms with van der Waals surface area (Å²) in [6, 6.07) is 9.35. The van der Waals surface area contributed by atoms with Crippen LogP contribution in [-0.2, 0) is 0 Å². The average molecular weight is 370 g/mol. The van der Waals surface area contributed by atoms with Crippen LogP contribution in [0.5, 0.6) is 5.75 Å². The van der Waals surface area contributed by atoms with Gasteiger partial charge >= 0.3 is 0 Å². The molecule has 6 nitrogen and oxygen atoms in total. The zero-order chi connectivity index (χ0) is 19.8. The highest BCUT2D eigenvalue weighted by Crippen LogP contribution is 2.20. The second kappa shape index (κ2) is 9.90. The lowest BCUT2D eigenvalue weighted by Gasteiger charge is -2.21. The van der Waals surface area contributed by atoms with Gasteiger partial charge in [-0.05, 0) is 63.9 Å². The van der Waals surface area contributed by atoms with Gasteiger partial charge in [0.05, 0.1) is 6.10 Å². The predicted octanol–water partition coefficient (Wildman–Crippen LogP) is 4.58. The van der Waals surface area contributed by atoms with E-state index in [1.165, 1.54) is 0 Å². The van der Waals surface area contributed by atoms with E-state index in [9.17, 15) is 4.79 Å². The van der Waals surface area contributed by atoms with Gasteiger partial charge in [0.1, 0.15) is 11.4 Å². The maximum atomic E-state index is 12.8. The summed E-state index contributed by atoms with van der Waals surface area (Å²) in [4.78, 5) is 23.5. The third kappa shape index (κ3) is 6.24. The van der Waals surface area contributed by atoms with Gasteiger partial charge < -0.3 is 15.0 Å². The number of benzene rings is 1. The summed E-state index contributed by atoms with van der Waals surface area (Å²) in [6.07, 6.45) is 1.98. The summed E-state index contributed by atoms with van der Waals surface area (Å²) in [7, 11) is 0. The number of rotatable bonds is 9. The second-order valence-corrected chi connectivity index (χ2v) is 6.83. The lowest BCUT2D eigenvalue weighted by molar-refractivity contribution is 0.0749. The molecule has 0 aliphatic heterocycles. The van der Waals surface area contributed by atoms with Gasteiger partial charge in [0.25, 0.3) is 5.91 Å². The first kappa shape index (κ1) is 20.7. The Morgan fingerprint density at radius 1 is 1.11 bits per heavy atom. The summed E-state index contributed by atoms with van der Waals surface area (Å²) in [5.41, 5.74) is 2.02. The van der Waals surface area contributed by atoms with Crippen molar-refractivity contribution >= 4 is 17.5 Å². The highest BCUT2D eigenvalue weighted by molar-refractivity contribution is 5.92. The molecule has 1 aromatic heterocycles. The maximum absolute atomic E-state index is 12.8. The summed E-state index contributed by atoms with van der Waals surface area (Å²) in [5, 5.41) is 3.17. The van der Waals surface area contributed by atoms with Crippen LogP contribution in [0.2, 0.25) is 0 Å². The molecule has 0 radical (unpaired) electrons. The van der Waals surface area contributed by atoms with Gasteiger partial charge in [-0.15, -0.1) is 0 Å². The molecular formula is C21H30N4O2. The third-order valence-electron chi connectivity index (χ3n) is 3.83. The van der Waals surface area contributed by atoms with Gasteiger partial charge in [-0.25, -0.2) is 9.97 Å². The third-order valence-corrected chi connectivity index (χ3v) is 3.83. The molecule has 1 amide bonds.